The lowest BCUT2D eigenvalue weighted by atomic mass is 9.99. The van der Waals surface area contributed by atoms with Crippen LogP contribution in [-0.2, 0) is 4.79 Å². The van der Waals surface area contributed by atoms with Gasteiger partial charge < -0.3 is 15.6 Å². The van der Waals surface area contributed by atoms with E-state index in [9.17, 15) is 14.3 Å². The topological polar surface area (TPSA) is 72.6 Å². The lowest BCUT2D eigenvalue weighted by molar-refractivity contribution is -0.127. The highest BCUT2D eigenvalue weighted by Crippen LogP contribution is 2.34. The van der Waals surface area contributed by atoms with Crippen molar-refractivity contribution in [2.24, 2.45) is 5.73 Å². The number of carbonyl (C=O) groups is 1. The number of benzene rings is 1. The molecular formula is C10H10FNO3. The van der Waals surface area contributed by atoms with Crippen molar-refractivity contribution in [3.8, 4) is 5.75 Å². The van der Waals surface area contributed by atoms with Crippen LogP contribution in [0.5, 0.6) is 5.75 Å². The van der Waals surface area contributed by atoms with Crippen molar-refractivity contribution in [2.45, 2.75) is 18.6 Å². The molecule has 5 heteroatoms. The van der Waals surface area contributed by atoms with E-state index in [-0.39, 0.29) is 6.42 Å². The van der Waals surface area contributed by atoms with Gasteiger partial charge in [0, 0.05) is 12.0 Å². The van der Waals surface area contributed by atoms with E-state index in [4.69, 9.17) is 10.5 Å². The fourth-order valence-electron chi connectivity index (χ4n) is 1.59. The summed E-state index contributed by atoms with van der Waals surface area (Å²) in [7, 11) is 0. The van der Waals surface area contributed by atoms with Crippen molar-refractivity contribution in [1.29, 1.82) is 0 Å². The summed E-state index contributed by atoms with van der Waals surface area (Å²) < 4.78 is 18.1. The molecule has 0 aromatic heterocycles. The fourth-order valence-corrected chi connectivity index (χ4v) is 1.59. The normalized spacial score (nSPS) is 24.1. The Labute approximate surface area is 85.5 Å². The Bertz CT molecular complexity index is 408. The number of aliphatic hydroxyl groups is 1. The van der Waals surface area contributed by atoms with Crippen molar-refractivity contribution >= 4 is 5.91 Å². The van der Waals surface area contributed by atoms with Gasteiger partial charge in [-0.2, -0.15) is 0 Å². The molecule has 3 N–H and O–H groups in total. The average Bonchev–Trinajstić information content (AvgIpc) is 2.18. The minimum atomic E-state index is -0.915. The molecule has 2 atom stereocenters. The first-order valence-corrected chi connectivity index (χ1v) is 4.51. The first-order chi connectivity index (χ1) is 7.08. The average molecular weight is 211 g/mol. The van der Waals surface area contributed by atoms with Crippen LogP contribution >= 0.6 is 0 Å². The Kier molecular flexibility index (Phi) is 2.32. The van der Waals surface area contributed by atoms with E-state index in [1.807, 2.05) is 0 Å². The van der Waals surface area contributed by atoms with E-state index in [0.29, 0.717) is 11.3 Å². The number of ether oxygens (including phenoxy) is 1. The van der Waals surface area contributed by atoms with Crippen molar-refractivity contribution in [3.63, 3.8) is 0 Å². The van der Waals surface area contributed by atoms with Crippen LogP contribution in [0.4, 0.5) is 4.39 Å². The largest absolute Gasteiger partial charge is 0.480 e. The molecule has 1 aliphatic rings. The first kappa shape index (κ1) is 9.92. The summed E-state index contributed by atoms with van der Waals surface area (Å²) in [6.07, 6.45) is -1.70. The lowest BCUT2D eigenvalue weighted by Gasteiger charge is -2.27. The third kappa shape index (κ3) is 1.78. The monoisotopic (exact) mass is 211 g/mol. The lowest BCUT2D eigenvalue weighted by Crippen LogP contribution is -2.37. The minimum Gasteiger partial charge on any atom is -0.480 e. The number of halogens is 1. The minimum absolute atomic E-state index is 0.0613. The molecule has 1 aliphatic heterocycles. The van der Waals surface area contributed by atoms with Crippen LogP contribution in [0.1, 0.15) is 18.1 Å². The molecule has 4 nitrogen and oxygen atoms in total. The molecule has 0 unspecified atom stereocenters. The Morgan fingerprint density at radius 1 is 1.60 bits per heavy atom. The number of rotatable bonds is 1. The second-order valence-electron chi connectivity index (χ2n) is 3.44. The van der Waals surface area contributed by atoms with Crippen molar-refractivity contribution < 1.29 is 19.0 Å². The quantitative estimate of drug-likeness (QED) is 0.710. The maximum atomic E-state index is 12.9. The number of hydrogen-bond donors (Lipinski definition) is 2. The molecule has 15 heavy (non-hydrogen) atoms. The van der Waals surface area contributed by atoms with E-state index in [0.717, 1.165) is 0 Å². The smallest absolute Gasteiger partial charge is 0.258 e. The van der Waals surface area contributed by atoms with Gasteiger partial charge in [0.15, 0.2) is 6.10 Å². The van der Waals surface area contributed by atoms with E-state index in [1.54, 1.807) is 0 Å². The van der Waals surface area contributed by atoms with Gasteiger partial charge in [0.1, 0.15) is 11.6 Å². The molecule has 2 rings (SSSR count). The molecule has 0 fully saturated rings. The number of aliphatic hydroxyl groups excluding tert-OH is 1. The summed E-state index contributed by atoms with van der Waals surface area (Å²) >= 11 is 0. The second kappa shape index (κ2) is 3.51. The van der Waals surface area contributed by atoms with E-state index in [2.05, 4.69) is 0 Å². The molecule has 1 amide bonds. The van der Waals surface area contributed by atoms with Crippen molar-refractivity contribution in [2.75, 3.05) is 0 Å². The zero-order valence-corrected chi connectivity index (χ0v) is 7.81. The highest BCUT2D eigenvalue weighted by Gasteiger charge is 2.30. The van der Waals surface area contributed by atoms with Crippen LogP contribution in [-0.4, -0.2) is 17.1 Å². The first-order valence-electron chi connectivity index (χ1n) is 4.51. The molecule has 1 aromatic carbocycles. The van der Waals surface area contributed by atoms with Gasteiger partial charge in [-0.05, 0) is 18.2 Å². The standard InChI is InChI=1S/C10H10FNO3/c11-5-1-2-8-6(3-5)7(13)4-9(15-8)10(12)14/h1-3,7,9,13H,4H2,(H2,12,14)/t7-,9-/m1/s1. The summed E-state index contributed by atoms with van der Waals surface area (Å²) in [5.41, 5.74) is 5.42. The Hall–Kier alpha value is -1.62. The molecule has 0 bridgehead atoms. The Morgan fingerprint density at radius 2 is 2.33 bits per heavy atom. The molecule has 0 radical (unpaired) electrons. The number of primary amides is 1. The predicted molar refractivity (Wildman–Crippen MR) is 49.6 cm³/mol. The van der Waals surface area contributed by atoms with Gasteiger partial charge in [0.2, 0.25) is 0 Å². The maximum Gasteiger partial charge on any atom is 0.258 e. The molecule has 1 heterocycles. The van der Waals surface area contributed by atoms with E-state index in [1.165, 1.54) is 18.2 Å². The van der Waals surface area contributed by atoms with Gasteiger partial charge in [-0.15, -0.1) is 0 Å². The Balaban J connectivity index is 2.36. The third-order valence-corrected chi connectivity index (χ3v) is 2.35. The van der Waals surface area contributed by atoms with Crippen LogP contribution < -0.4 is 10.5 Å². The van der Waals surface area contributed by atoms with Crippen LogP contribution in [0.15, 0.2) is 18.2 Å². The molecule has 0 saturated heterocycles. The SMILES string of the molecule is NC(=O)[C@H]1C[C@@H](O)c2cc(F)ccc2O1. The van der Waals surface area contributed by atoms with Gasteiger partial charge in [-0.3, -0.25) is 4.79 Å². The number of hydrogen-bond acceptors (Lipinski definition) is 3. The third-order valence-electron chi connectivity index (χ3n) is 2.35. The number of fused-ring (bicyclic) bond motifs is 1. The fraction of sp³-hybridized carbons (Fsp3) is 0.300. The highest BCUT2D eigenvalue weighted by molar-refractivity contribution is 5.79. The van der Waals surface area contributed by atoms with Crippen LogP contribution in [0.3, 0.4) is 0 Å². The Morgan fingerprint density at radius 3 is 3.00 bits per heavy atom. The zero-order valence-electron chi connectivity index (χ0n) is 7.81. The van der Waals surface area contributed by atoms with Gasteiger partial charge in [0.25, 0.3) is 5.91 Å². The van der Waals surface area contributed by atoms with Crippen molar-refractivity contribution in [3.05, 3.63) is 29.6 Å². The molecule has 0 saturated carbocycles. The van der Waals surface area contributed by atoms with Gasteiger partial charge >= 0.3 is 0 Å². The number of nitrogens with two attached hydrogens (primary N) is 1. The zero-order chi connectivity index (χ0) is 11.0. The van der Waals surface area contributed by atoms with Crippen LogP contribution in [0, 0.1) is 5.82 Å². The summed E-state index contributed by atoms with van der Waals surface area (Å²) in [6, 6.07) is 3.77. The summed E-state index contributed by atoms with van der Waals surface area (Å²) in [6.45, 7) is 0. The molecule has 0 aliphatic carbocycles. The van der Waals surface area contributed by atoms with Gasteiger partial charge in [-0.25, -0.2) is 4.39 Å². The summed E-state index contributed by atoms with van der Waals surface area (Å²) in [4.78, 5) is 10.9. The van der Waals surface area contributed by atoms with E-state index < -0.39 is 23.9 Å². The summed E-state index contributed by atoms with van der Waals surface area (Å²) in [5.74, 6) is -0.781. The van der Waals surface area contributed by atoms with Gasteiger partial charge in [0.05, 0.1) is 6.10 Å². The number of carbonyl (C=O) groups excluding carboxylic acids is 1. The molecular weight excluding hydrogens is 201 g/mol. The molecule has 80 valence electrons. The number of amides is 1. The van der Waals surface area contributed by atoms with Crippen molar-refractivity contribution in [1.82, 2.24) is 0 Å². The highest BCUT2D eigenvalue weighted by atomic mass is 19.1. The van der Waals surface area contributed by atoms with E-state index >= 15 is 0 Å². The predicted octanol–water partition coefficient (Wildman–Crippen LogP) is 0.496. The molecule has 0 spiro atoms. The van der Waals surface area contributed by atoms with Gasteiger partial charge in [-0.1, -0.05) is 0 Å². The summed E-state index contributed by atoms with van der Waals surface area (Å²) in [5, 5.41) is 9.65. The molecule has 1 aromatic rings. The van der Waals surface area contributed by atoms with Crippen LogP contribution in [0.25, 0.3) is 0 Å². The maximum absolute atomic E-state index is 12.9. The van der Waals surface area contributed by atoms with Crippen LogP contribution in [0.2, 0.25) is 0 Å². The second-order valence-corrected chi connectivity index (χ2v) is 3.44.